The van der Waals surface area contributed by atoms with Gasteiger partial charge in [-0.15, -0.1) is 0 Å². The Morgan fingerprint density at radius 3 is 3.19 bits per heavy atom. The predicted molar refractivity (Wildman–Crippen MR) is 62.7 cm³/mol. The molecule has 0 amide bonds. The van der Waals surface area contributed by atoms with Crippen LogP contribution in [0.2, 0.25) is 5.02 Å². The van der Waals surface area contributed by atoms with Crippen molar-refractivity contribution in [3.05, 3.63) is 23.4 Å². The third kappa shape index (κ3) is 2.30. The molecule has 4 heteroatoms. The zero-order valence-corrected chi connectivity index (χ0v) is 9.78. The molecule has 1 saturated carbocycles. The Kier molecular flexibility index (Phi) is 2.74. The highest BCUT2D eigenvalue weighted by Crippen LogP contribution is 2.44. The minimum atomic E-state index is 0.476. The van der Waals surface area contributed by atoms with Crippen LogP contribution in [0.15, 0.2) is 18.3 Å². The Labute approximate surface area is 100 Å². The van der Waals surface area contributed by atoms with Crippen LogP contribution in [0.4, 0.5) is 0 Å². The third-order valence-electron chi connectivity index (χ3n) is 3.45. The maximum Gasteiger partial charge on any atom is 0.214 e. The molecule has 2 aliphatic rings. The average Bonchev–Trinajstić information content (AvgIpc) is 3.04. The summed E-state index contributed by atoms with van der Waals surface area (Å²) in [5, 5.41) is 4.18. The molecule has 3 nitrogen and oxygen atoms in total. The lowest BCUT2D eigenvalue weighted by atomic mass is 10.1. The first-order valence-corrected chi connectivity index (χ1v) is 6.17. The van der Waals surface area contributed by atoms with Gasteiger partial charge in [0.2, 0.25) is 5.88 Å². The molecule has 16 heavy (non-hydrogen) atoms. The molecule has 2 heterocycles. The van der Waals surface area contributed by atoms with Crippen molar-refractivity contribution in [3.8, 4) is 5.88 Å². The van der Waals surface area contributed by atoms with Crippen LogP contribution < -0.4 is 10.1 Å². The topological polar surface area (TPSA) is 34.1 Å². The number of nitrogens with zero attached hydrogens (tertiary/aromatic N) is 1. The SMILES string of the molecule is Clc1ccnc(OCC2CC3CC3CN2)c1. The largest absolute Gasteiger partial charge is 0.476 e. The van der Waals surface area contributed by atoms with E-state index in [2.05, 4.69) is 10.3 Å². The second-order valence-electron chi connectivity index (χ2n) is 4.72. The van der Waals surface area contributed by atoms with E-state index in [0.29, 0.717) is 23.6 Å². The number of rotatable bonds is 3. The number of halogens is 1. The maximum atomic E-state index is 5.86. The lowest BCUT2D eigenvalue weighted by Gasteiger charge is -2.22. The monoisotopic (exact) mass is 238 g/mol. The van der Waals surface area contributed by atoms with Gasteiger partial charge in [-0.05, 0) is 37.3 Å². The second-order valence-corrected chi connectivity index (χ2v) is 5.16. The van der Waals surface area contributed by atoms with Crippen molar-refractivity contribution < 1.29 is 4.74 Å². The first-order chi connectivity index (χ1) is 7.81. The Hall–Kier alpha value is -0.800. The smallest absolute Gasteiger partial charge is 0.214 e. The van der Waals surface area contributed by atoms with Gasteiger partial charge in [0.15, 0.2) is 0 Å². The third-order valence-corrected chi connectivity index (χ3v) is 3.69. The molecule has 1 saturated heterocycles. The van der Waals surface area contributed by atoms with Crippen LogP contribution in [-0.4, -0.2) is 24.2 Å². The van der Waals surface area contributed by atoms with Crippen LogP contribution in [0, 0.1) is 11.8 Å². The van der Waals surface area contributed by atoms with Gasteiger partial charge in [-0.25, -0.2) is 4.98 Å². The minimum absolute atomic E-state index is 0.476. The highest BCUT2D eigenvalue weighted by molar-refractivity contribution is 6.30. The molecule has 0 bridgehead atoms. The quantitative estimate of drug-likeness (QED) is 0.876. The van der Waals surface area contributed by atoms with Crippen molar-refractivity contribution in [2.45, 2.75) is 18.9 Å². The molecule has 1 aliphatic carbocycles. The zero-order chi connectivity index (χ0) is 11.0. The van der Waals surface area contributed by atoms with E-state index >= 15 is 0 Å². The van der Waals surface area contributed by atoms with E-state index in [9.17, 15) is 0 Å². The number of hydrogen-bond donors (Lipinski definition) is 1. The van der Waals surface area contributed by atoms with Crippen LogP contribution in [-0.2, 0) is 0 Å². The van der Waals surface area contributed by atoms with E-state index in [4.69, 9.17) is 16.3 Å². The van der Waals surface area contributed by atoms with Gasteiger partial charge >= 0.3 is 0 Å². The molecular weight excluding hydrogens is 224 g/mol. The molecule has 86 valence electrons. The van der Waals surface area contributed by atoms with Gasteiger partial charge in [-0.2, -0.15) is 0 Å². The van der Waals surface area contributed by atoms with E-state index < -0.39 is 0 Å². The fourth-order valence-electron chi connectivity index (χ4n) is 2.39. The van der Waals surface area contributed by atoms with Gasteiger partial charge in [-0.1, -0.05) is 11.6 Å². The molecule has 1 N–H and O–H groups in total. The molecule has 1 aromatic rings. The van der Waals surface area contributed by atoms with E-state index in [1.165, 1.54) is 12.8 Å². The van der Waals surface area contributed by atoms with Crippen LogP contribution in [0.5, 0.6) is 5.88 Å². The standard InChI is InChI=1S/C12H15ClN2O/c13-10-1-2-14-12(5-10)16-7-11-4-8-3-9(8)6-15-11/h1-2,5,8-9,11,15H,3-4,6-7H2. The molecule has 0 spiro atoms. The molecule has 1 aliphatic heterocycles. The Morgan fingerprint density at radius 2 is 2.38 bits per heavy atom. The number of fused-ring (bicyclic) bond motifs is 1. The Bertz CT molecular complexity index is 385. The summed E-state index contributed by atoms with van der Waals surface area (Å²) in [6.07, 6.45) is 4.31. The second kappa shape index (κ2) is 4.22. The summed E-state index contributed by atoms with van der Waals surface area (Å²) >= 11 is 5.86. The number of pyridine rings is 1. The van der Waals surface area contributed by atoms with Gasteiger partial charge in [0.25, 0.3) is 0 Å². The van der Waals surface area contributed by atoms with Gasteiger partial charge in [0, 0.05) is 23.3 Å². The van der Waals surface area contributed by atoms with E-state index in [1.807, 2.05) is 0 Å². The lowest BCUT2D eigenvalue weighted by molar-refractivity contribution is 0.228. The Morgan fingerprint density at radius 1 is 1.44 bits per heavy atom. The number of piperidine rings is 1. The van der Waals surface area contributed by atoms with Crippen LogP contribution >= 0.6 is 11.6 Å². The minimum Gasteiger partial charge on any atom is -0.476 e. The molecule has 3 atom stereocenters. The first kappa shape index (κ1) is 10.4. The summed E-state index contributed by atoms with van der Waals surface area (Å²) < 4.78 is 5.64. The summed E-state index contributed by atoms with van der Waals surface area (Å²) in [7, 11) is 0. The molecule has 0 aromatic carbocycles. The molecule has 3 rings (SSSR count). The molecular formula is C12H15ClN2O. The first-order valence-electron chi connectivity index (χ1n) is 5.79. The lowest BCUT2D eigenvalue weighted by Crippen LogP contribution is -2.39. The fourth-order valence-corrected chi connectivity index (χ4v) is 2.54. The van der Waals surface area contributed by atoms with Crippen LogP contribution in [0.25, 0.3) is 0 Å². The Balaban J connectivity index is 1.52. The van der Waals surface area contributed by atoms with E-state index in [0.717, 1.165) is 18.4 Å². The fraction of sp³-hybridized carbons (Fsp3) is 0.583. The summed E-state index contributed by atoms with van der Waals surface area (Å²) in [5.41, 5.74) is 0. The van der Waals surface area contributed by atoms with Crippen LogP contribution in [0.1, 0.15) is 12.8 Å². The highest BCUT2D eigenvalue weighted by atomic mass is 35.5. The van der Waals surface area contributed by atoms with Crippen molar-refractivity contribution in [2.75, 3.05) is 13.2 Å². The number of nitrogens with one attached hydrogen (secondary N) is 1. The summed E-state index contributed by atoms with van der Waals surface area (Å²) in [4.78, 5) is 4.12. The summed E-state index contributed by atoms with van der Waals surface area (Å²) in [6.45, 7) is 1.85. The number of aromatic nitrogens is 1. The molecule has 3 unspecified atom stereocenters. The van der Waals surface area contributed by atoms with E-state index in [1.54, 1.807) is 18.3 Å². The molecule has 2 fully saturated rings. The zero-order valence-electron chi connectivity index (χ0n) is 9.03. The average molecular weight is 239 g/mol. The van der Waals surface area contributed by atoms with Crippen molar-refractivity contribution in [2.24, 2.45) is 11.8 Å². The van der Waals surface area contributed by atoms with Gasteiger partial charge in [-0.3, -0.25) is 0 Å². The summed E-state index contributed by atoms with van der Waals surface area (Å²) in [6, 6.07) is 3.98. The summed E-state index contributed by atoms with van der Waals surface area (Å²) in [5.74, 6) is 2.51. The number of hydrogen-bond acceptors (Lipinski definition) is 3. The van der Waals surface area contributed by atoms with E-state index in [-0.39, 0.29) is 0 Å². The van der Waals surface area contributed by atoms with Gasteiger partial charge in [0.05, 0.1) is 0 Å². The van der Waals surface area contributed by atoms with Crippen molar-refractivity contribution in [1.29, 1.82) is 0 Å². The normalized spacial score (nSPS) is 31.9. The van der Waals surface area contributed by atoms with Gasteiger partial charge in [0.1, 0.15) is 6.61 Å². The van der Waals surface area contributed by atoms with Crippen molar-refractivity contribution >= 4 is 11.6 Å². The van der Waals surface area contributed by atoms with Crippen molar-refractivity contribution in [3.63, 3.8) is 0 Å². The number of ether oxygens (including phenoxy) is 1. The highest BCUT2D eigenvalue weighted by Gasteiger charge is 2.41. The molecule has 1 aromatic heterocycles. The van der Waals surface area contributed by atoms with Crippen molar-refractivity contribution in [1.82, 2.24) is 10.3 Å². The predicted octanol–water partition coefficient (Wildman–Crippen LogP) is 2.11. The maximum absolute atomic E-state index is 5.86. The van der Waals surface area contributed by atoms with Gasteiger partial charge < -0.3 is 10.1 Å². The van der Waals surface area contributed by atoms with Crippen LogP contribution in [0.3, 0.4) is 0 Å². The molecule has 0 radical (unpaired) electrons.